The Labute approximate surface area is 76.8 Å². The van der Waals surface area contributed by atoms with Gasteiger partial charge in [0.25, 0.3) is 0 Å². The minimum atomic E-state index is -0.467. The van der Waals surface area contributed by atoms with Crippen molar-refractivity contribution < 1.29 is 4.74 Å². The van der Waals surface area contributed by atoms with Crippen LogP contribution in [0.3, 0.4) is 0 Å². The third kappa shape index (κ3) is 2.69. The second-order valence-corrected chi connectivity index (χ2v) is 2.69. The molecule has 4 heteroatoms. The number of para-hydroxylation sites is 1. The fourth-order valence-corrected chi connectivity index (χ4v) is 0.969. The van der Waals surface area contributed by atoms with Gasteiger partial charge in [0, 0.05) is 4.91 Å². The maximum atomic E-state index is 8.16. The van der Waals surface area contributed by atoms with E-state index in [1.54, 1.807) is 6.92 Å². The highest BCUT2D eigenvalue weighted by atomic mass is 16.5. The van der Waals surface area contributed by atoms with Crippen LogP contribution in [0.5, 0.6) is 5.75 Å². The third-order valence-corrected chi connectivity index (χ3v) is 1.61. The molecule has 0 saturated carbocycles. The Balaban J connectivity index is 2.74. The van der Waals surface area contributed by atoms with Crippen molar-refractivity contribution in [3.05, 3.63) is 40.3 Å². The molecular formula is C9H11N3O. The molecule has 0 spiro atoms. The molecule has 0 heterocycles. The lowest BCUT2D eigenvalue weighted by molar-refractivity contribution is 0.228. The van der Waals surface area contributed by atoms with Gasteiger partial charge in [0.2, 0.25) is 0 Å². The largest absolute Gasteiger partial charge is 0.484 e. The van der Waals surface area contributed by atoms with Crippen molar-refractivity contribution in [1.82, 2.24) is 0 Å². The van der Waals surface area contributed by atoms with Gasteiger partial charge >= 0.3 is 0 Å². The van der Waals surface area contributed by atoms with Gasteiger partial charge in [0.15, 0.2) is 6.23 Å². The molecule has 0 N–H and O–H groups in total. The van der Waals surface area contributed by atoms with Crippen LogP contribution in [0, 0.1) is 6.92 Å². The van der Waals surface area contributed by atoms with Crippen LogP contribution < -0.4 is 4.74 Å². The van der Waals surface area contributed by atoms with Crippen LogP contribution in [0.1, 0.15) is 12.5 Å². The summed E-state index contributed by atoms with van der Waals surface area (Å²) in [4.78, 5) is 2.66. The van der Waals surface area contributed by atoms with Crippen LogP contribution in [0.2, 0.25) is 0 Å². The second kappa shape index (κ2) is 4.38. The standard InChI is InChI=1S/C9H11N3O/c1-7-5-3-4-6-9(7)13-8(2)11-12-10/h3-6,8H,1-2H3. The van der Waals surface area contributed by atoms with E-state index >= 15 is 0 Å². The van der Waals surface area contributed by atoms with E-state index in [4.69, 9.17) is 10.3 Å². The van der Waals surface area contributed by atoms with Crippen molar-refractivity contribution in [2.45, 2.75) is 20.1 Å². The van der Waals surface area contributed by atoms with Crippen LogP contribution in [-0.2, 0) is 0 Å². The molecule has 0 aliphatic carbocycles. The maximum absolute atomic E-state index is 8.16. The molecule has 1 unspecified atom stereocenters. The number of aryl methyl sites for hydroxylation is 1. The predicted molar refractivity (Wildman–Crippen MR) is 50.4 cm³/mol. The SMILES string of the molecule is Cc1ccccc1OC(C)N=[N+]=[N-]. The van der Waals surface area contributed by atoms with Crippen LogP contribution in [0.25, 0.3) is 10.4 Å². The van der Waals surface area contributed by atoms with Crippen LogP contribution in [-0.4, -0.2) is 6.23 Å². The number of rotatable bonds is 3. The van der Waals surface area contributed by atoms with Gasteiger partial charge in [-0.2, -0.15) is 0 Å². The summed E-state index contributed by atoms with van der Waals surface area (Å²) in [5, 5.41) is 3.42. The summed E-state index contributed by atoms with van der Waals surface area (Å²) >= 11 is 0. The molecule has 0 bridgehead atoms. The van der Waals surface area contributed by atoms with E-state index in [9.17, 15) is 0 Å². The molecule has 1 aromatic rings. The minimum absolute atomic E-state index is 0.467. The highest BCUT2D eigenvalue weighted by Crippen LogP contribution is 2.17. The van der Waals surface area contributed by atoms with Crippen molar-refractivity contribution in [3.8, 4) is 5.75 Å². The van der Waals surface area contributed by atoms with E-state index in [0.717, 1.165) is 11.3 Å². The third-order valence-electron chi connectivity index (χ3n) is 1.61. The summed E-state index contributed by atoms with van der Waals surface area (Å²) in [5.41, 5.74) is 9.19. The molecule has 0 saturated heterocycles. The van der Waals surface area contributed by atoms with Gasteiger partial charge in [-0.05, 0) is 31.0 Å². The van der Waals surface area contributed by atoms with Crippen molar-refractivity contribution >= 4 is 0 Å². The highest BCUT2D eigenvalue weighted by molar-refractivity contribution is 5.31. The lowest BCUT2D eigenvalue weighted by atomic mass is 10.2. The summed E-state index contributed by atoms with van der Waals surface area (Å²) < 4.78 is 5.37. The molecule has 1 atom stereocenters. The zero-order valence-electron chi connectivity index (χ0n) is 7.64. The number of benzene rings is 1. The fourth-order valence-electron chi connectivity index (χ4n) is 0.969. The molecule has 0 aromatic heterocycles. The molecule has 1 aromatic carbocycles. The number of azide groups is 1. The zero-order chi connectivity index (χ0) is 9.68. The molecule has 0 aliphatic rings. The zero-order valence-corrected chi connectivity index (χ0v) is 7.64. The average Bonchev–Trinajstić information content (AvgIpc) is 2.09. The predicted octanol–water partition coefficient (Wildman–Crippen LogP) is 3.03. The Hall–Kier alpha value is -1.67. The van der Waals surface area contributed by atoms with E-state index in [0.29, 0.717) is 0 Å². The normalized spacial score (nSPS) is 11.5. The van der Waals surface area contributed by atoms with Crippen molar-refractivity contribution in [3.63, 3.8) is 0 Å². The summed E-state index contributed by atoms with van der Waals surface area (Å²) in [6.07, 6.45) is -0.467. The highest BCUT2D eigenvalue weighted by Gasteiger charge is 2.01. The number of ether oxygens (including phenoxy) is 1. The summed E-state index contributed by atoms with van der Waals surface area (Å²) in [7, 11) is 0. The molecule has 4 nitrogen and oxygen atoms in total. The Bertz CT molecular complexity index is 331. The Morgan fingerprint density at radius 3 is 2.77 bits per heavy atom. The molecule has 0 amide bonds. The lowest BCUT2D eigenvalue weighted by Gasteiger charge is -2.10. The first kappa shape index (κ1) is 9.42. The van der Waals surface area contributed by atoms with Crippen molar-refractivity contribution in [2.75, 3.05) is 0 Å². The smallest absolute Gasteiger partial charge is 0.174 e. The first-order chi connectivity index (χ1) is 6.24. The topological polar surface area (TPSA) is 58.0 Å². The molecule has 1 rings (SSSR count). The van der Waals surface area contributed by atoms with E-state index in [2.05, 4.69) is 10.0 Å². The van der Waals surface area contributed by atoms with Gasteiger partial charge in [-0.15, -0.1) is 0 Å². The number of nitrogens with zero attached hydrogens (tertiary/aromatic N) is 3. The minimum Gasteiger partial charge on any atom is -0.484 e. The molecule has 0 fully saturated rings. The van der Waals surface area contributed by atoms with Crippen LogP contribution >= 0.6 is 0 Å². The fraction of sp³-hybridized carbons (Fsp3) is 0.333. The van der Waals surface area contributed by atoms with Crippen molar-refractivity contribution in [2.24, 2.45) is 5.11 Å². The van der Waals surface area contributed by atoms with Crippen molar-refractivity contribution in [1.29, 1.82) is 0 Å². The van der Waals surface area contributed by atoms with Crippen LogP contribution in [0.4, 0.5) is 0 Å². The summed E-state index contributed by atoms with van der Waals surface area (Å²) in [6.45, 7) is 3.64. The Morgan fingerprint density at radius 2 is 2.15 bits per heavy atom. The van der Waals surface area contributed by atoms with Gasteiger partial charge in [-0.3, -0.25) is 0 Å². The van der Waals surface area contributed by atoms with E-state index in [1.165, 1.54) is 0 Å². The lowest BCUT2D eigenvalue weighted by Crippen LogP contribution is -2.07. The molecule has 0 aliphatic heterocycles. The number of hydrogen-bond acceptors (Lipinski definition) is 2. The summed E-state index contributed by atoms with van der Waals surface area (Å²) in [6, 6.07) is 7.60. The van der Waals surface area contributed by atoms with Gasteiger partial charge in [0.1, 0.15) is 5.75 Å². The van der Waals surface area contributed by atoms with Gasteiger partial charge in [0.05, 0.1) is 0 Å². The first-order valence-corrected chi connectivity index (χ1v) is 4.00. The number of hydrogen-bond donors (Lipinski definition) is 0. The Morgan fingerprint density at radius 1 is 1.46 bits per heavy atom. The maximum Gasteiger partial charge on any atom is 0.174 e. The van der Waals surface area contributed by atoms with E-state index in [-0.39, 0.29) is 0 Å². The van der Waals surface area contributed by atoms with E-state index < -0.39 is 6.23 Å². The average molecular weight is 177 g/mol. The van der Waals surface area contributed by atoms with Gasteiger partial charge in [-0.1, -0.05) is 23.3 Å². The van der Waals surface area contributed by atoms with Gasteiger partial charge < -0.3 is 4.74 Å². The molecule has 13 heavy (non-hydrogen) atoms. The van der Waals surface area contributed by atoms with E-state index in [1.807, 2.05) is 31.2 Å². The molecule has 0 radical (unpaired) electrons. The molecular weight excluding hydrogens is 166 g/mol. The summed E-state index contributed by atoms with van der Waals surface area (Å²) in [5.74, 6) is 0.752. The van der Waals surface area contributed by atoms with Crippen LogP contribution in [0.15, 0.2) is 29.4 Å². The quantitative estimate of drug-likeness (QED) is 0.397. The Kier molecular flexibility index (Phi) is 3.17. The first-order valence-electron chi connectivity index (χ1n) is 4.00. The molecule has 68 valence electrons. The van der Waals surface area contributed by atoms with Gasteiger partial charge in [-0.25, -0.2) is 0 Å². The second-order valence-electron chi connectivity index (χ2n) is 2.69. The monoisotopic (exact) mass is 177 g/mol.